The van der Waals surface area contributed by atoms with Gasteiger partial charge >= 0.3 is 0 Å². The lowest BCUT2D eigenvalue weighted by Gasteiger charge is -2.35. The molecule has 9 heteroatoms. The Labute approximate surface area is 180 Å². The molecule has 6 nitrogen and oxygen atoms in total. The molecule has 1 aromatic heterocycles. The van der Waals surface area contributed by atoms with Crippen LogP contribution in [0, 0.1) is 0 Å². The summed E-state index contributed by atoms with van der Waals surface area (Å²) >= 11 is 1.66. The topological polar surface area (TPSA) is 70.6 Å². The SMILES string of the molecule is CCS(=O)(=O)C1=CCCC=C1C(=O)N1CCN(c2nc3ccccc3s2)CC1.CF. The van der Waals surface area contributed by atoms with Crippen LogP contribution in [0.1, 0.15) is 19.8 Å². The largest absolute Gasteiger partial charge is 0.345 e. The molecular formula is C21H26FN3O3S2. The molecule has 1 aliphatic carbocycles. The van der Waals surface area contributed by atoms with Gasteiger partial charge in [-0.2, -0.15) is 0 Å². The van der Waals surface area contributed by atoms with Gasteiger partial charge in [0, 0.05) is 26.2 Å². The van der Waals surface area contributed by atoms with E-state index < -0.39 is 9.84 Å². The molecule has 4 rings (SSSR count). The molecule has 2 heterocycles. The van der Waals surface area contributed by atoms with E-state index in [0.29, 0.717) is 51.8 Å². The van der Waals surface area contributed by atoms with Crippen LogP contribution in [0.5, 0.6) is 0 Å². The first-order valence-corrected chi connectivity index (χ1v) is 12.4. The second kappa shape index (κ2) is 9.70. The van der Waals surface area contributed by atoms with Gasteiger partial charge in [-0.05, 0) is 25.0 Å². The highest BCUT2D eigenvalue weighted by molar-refractivity contribution is 7.95. The highest BCUT2D eigenvalue weighted by atomic mass is 32.2. The van der Waals surface area contributed by atoms with Gasteiger partial charge in [-0.15, -0.1) is 0 Å². The van der Waals surface area contributed by atoms with E-state index >= 15 is 0 Å². The van der Waals surface area contributed by atoms with E-state index in [1.165, 1.54) is 0 Å². The molecule has 1 fully saturated rings. The van der Waals surface area contributed by atoms with Gasteiger partial charge in [-0.25, -0.2) is 13.4 Å². The number of aromatic nitrogens is 1. The van der Waals surface area contributed by atoms with Crippen molar-refractivity contribution in [1.82, 2.24) is 9.88 Å². The number of amides is 1. The lowest BCUT2D eigenvalue weighted by molar-refractivity contribution is -0.127. The molecule has 0 radical (unpaired) electrons. The average molecular weight is 452 g/mol. The van der Waals surface area contributed by atoms with Crippen LogP contribution in [-0.2, 0) is 14.6 Å². The second-order valence-corrected chi connectivity index (χ2v) is 10.2. The summed E-state index contributed by atoms with van der Waals surface area (Å²) in [6.07, 6.45) is 4.85. The Bertz CT molecular complexity index is 1040. The molecule has 1 aliphatic heterocycles. The van der Waals surface area contributed by atoms with E-state index in [4.69, 9.17) is 4.98 Å². The monoisotopic (exact) mass is 451 g/mol. The van der Waals surface area contributed by atoms with Crippen molar-refractivity contribution in [2.75, 3.05) is 44.0 Å². The van der Waals surface area contributed by atoms with Crippen LogP contribution in [0.25, 0.3) is 10.2 Å². The maximum absolute atomic E-state index is 13.0. The number of hydrogen-bond donors (Lipinski definition) is 0. The van der Waals surface area contributed by atoms with Crippen molar-refractivity contribution in [2.45, 2.75) is 19.8 Å². The molecule has 0 unspecified atom stereocenters. The molecular weight excluding hydrogens is 425 g/mol. The van der Waals surface area contributed by atoms with Crippen LogP contribution in [0.4, 0.5) is 9.52 Å². The van der Waals surface area contributed by atoms with Gasteiger partial charge in [-0.1, -0.05) is 42.5 Å². The molecule has 1 saturated heterocycles. The number of nitrogens with zero attached hydrogens (tertiary/aromatic N) is 3. The molecule has 30 heavy (non-hydrogen) atoms. The number of sulfone groups is 1. The maximum Gasteiger partial charge on any atom is 0.254 e. The standard InChI is InChI=1S/C20H23N3O3S2.CH3F/c1-2-28(25,26)18-10-6-3-7-15(18)19(24)22-11-13-23(14-12-22)20-21-16-8-4-5-9-17(16)27-20;1-2/h4-5,7-10H,2-3,6,11-14H2,1H3;1H3. The number of para-hydroxylation sites is 1. The Kier molecular flexibility index (Phi) is 7.25. The summed E-state index contributed by atoms with van der Waals surface area (Å²) in [6, 6.07) is 8.06. The molecule has 0 saturated carbocycles. The van der Waals surface area contributed by atoms with Crippen molar-refractivity contribution >= 4 is 42.4 Å². The zero-order chi connectivity index (χ0) is 21.7. The Balaban J connectivity index is 0.00000124. The number of hydrogen-bond acceptors (Lipinski definition) is 6. The number of piperazine rings is 1. The molecule has 0 spiro atoms. The predicted molar refractivity (Wildman–Crippen MR) is 120 cm³/mol. The third kappa shape index (κ3) is 4.57. The summed E-state index contributed by atoms with van der Waals surface area (Å²) in [6.45, 7) is 4.12. The fraction of sp³-hybridized carbons (Fsp3) is 0.429. The molecule has 1 amide bonds. The van der Waals surface area contributed by atoms with Crippen molar-refractivity contribution < 1.29 is 17.6 Å². The van der Waals surface area contributed by atoms with Gasteiger partial charge in [0.25, 0.3) is 5.91 Å². The number of alkyl halides is 1. The Hall–Kier alpha value is -2.26. The molecule has 0 atom stereocenters. The van der Waals surface area contributed by atoms with Crippen LogP contribution in [0.3, 0.4) is 0 Å². The Morgan fingerprint density at radius 1 is 1.10 bits per heavy atom. The first-order chi connectivity index (χ1) is 14.5. The van der Waals surface area contributed by atoms with E-state index in [1.807, 2.05) is 18.2 Å². The van der Waals surface area contributed by atoms with Crippen molar-refractivity contribution in [3.63, 3.8) is 0 Å². The number of carbonyl (C=O) groups is 1. The van der Waals surface area contributed by atoms with Gasteiger partial charge in [0.15, 0.2) is 15.0 Å². The maximum atomic E-state index is 13.0. The minimum atomic E-state index is -3.40. The number of fused-ring (bicyclic) bond motifs is 1. The fourth-order valence-corrected chi connectivity index (χ4v) is 5.77. The van der Waals surface area contributed by atoms with E-state index in [2.05, 4.69) is 11.0 Å². The van der Waals surface area contributed by atoms with E-state index in [1.54, 1.807) is 35.3 Å². The number of thiazole rings is 1. The highest BCUT2D eigenvalue weighted by Gasteiger charge is 2.31. The van der Waals surface area contributed by atoms with Gasteiger partial charge < -0.3 is 9.80 Å². The lowest BCUT2D eigenvalue weighted by atomic mass is 10.1. The van der Waals surface area contributed by atoms with E-state index in [9.17, 15) is 17.6 Å². The zero-order valence-electron chi connectivity index (χ0n) is 17.2. The highest BCUT2D eigenvalue weighted by Crippen LogP contribution is 2.30. The van der Waals surface area contributed by atoms with Gasteiger partial charge in [0.2, 0.25) is 0 Å². The summed E-state index contributed by atoms with van der Waals surface area (Å²) in [4.78, 5) is 21.9. The van der Waals surface area contributed by atoms with E-state index in [0.717, 1.165) is 15.3 Å². The van der Waals surface area contributed by atoms with Crippen LogP contribution in [-0.4, -0.2) is 63.3 Å². The summed E-state index contributed by atoms with van der Waals surface area (Å²) in [7, 11) is -2.90. The van der Waals surface area contributed by atoms with Crippen molar-refractivity contribution in [3.05, 3.63) is 46.9 Å². The van der Waals surface area contributed by atoms with Crippen molar-refractivity contribution in [2.24, 2.45) is 0 Å². The van der Waals surface area contributed by atoms with Crippen molar-refractivity contribution in [1.29, 1.82) is 0 Å². The summed E-state index contributed by atoms with van der Waals surface area (Å²) in [5.74, 6) is -0.165. The second-order valence-electron chi connectivity index (χ2n) is 6.91. The van der Waals surface area contributed by atoms with Gasteiger partial charge in [0.05, 0.1) is 33.6 Å². The number of allylic oxidation sites excluding steroid dienone is 2. The Morgan fingerprint density at radius 3 is 2.43 bits per heavy atom. The third-order valence-electron chi connectivity index (χ3n) is 5.18. The van der Waals surface area contributed by atoms with Crippen LogP contribution in [0.15, 0.2) is 46.9 Å². The summed E-state index contributed by atoms with van der Waals surface area (Å²) in [5.41, 5.74) is 1.34. The first-order valence-electron chi connectivity index (χ1n) is 9.90. The van der Waals surface area contributed by atoms with Crippen LogP contribution < -0.4 is 4.90 Å². The quantitative estimate of drug-likeness (QED) is 0.711. The zero-order valence-corrected chi connectivity index (χ0v) is 18.8. The lowest BCUT2D eigenvalue weighted by Crippen LogP contribution is -2.49. The molecule has 2 aromatic rings. The summed E-state index contributed by atoms with van der Waals surface area (Å²) < 4.78 is 35.4. The molecule has 0 bridgehead atoms. The minimum absolute atomic E-state index is 0.00877. The number of anilines is 1. The minimum Gasteiger partial charge on any atom is -0.345 e. The number of carbonyl (C=O) groups excluding carboxylic acids is 1. The Morgan fingerprint density at radius 2 is 1.77 bits per heavy atom. The van der Waals surface area contributed by atoms with Gasteiger partial charge in [0.1, 0.15) is 0 Å². The van der Waals surface area contributed by atoms with Crippen molar-refractivity contribution in [3.8, 4) is 0 Å². The van der Waals surface area contributed by atoms with Gasteiger partial charge in [-0.3, -0.25) is 9.18 Å². The molecule has 0 N–H and O–H groups in total. The fourth-order valence-electron chi connectivity index (χ4n) is 3.56. The number of halogens is 1. The first kappa shape index (κ1) is 22.4. The normalized spacial score (nSPS) is 17.2. The molecule has 2 aliphatic rings. The van der Waals surface area contributed by atoms with Crippen LogP contribution >= 0.6 is 11.3 Å². The molecule has 162 valence electrons. The van der Waals surface area contributed by atoms with Crippen LogP contribution in [0.2, 0.25) is 0 Å². The molecule has 1 aromatic carbocycles. The summed E-state index contributed by atoms with van der Waals surface area (Å²) in [5, 5.41) is 0.972. The average Bonchev–Trinajstić information content (AvgIpc) is 3.24. The third-order valence-corrected chi connectivity index (χ3v) is 8.09. The number of benzene rings is 1. The predicted octanol–water partition coefficient (Wildman–Crippen LogP) is 3.57. The smallest absolute Gasteiger partial charge is 0.254 e. The number of rotatable bonds is 4. The van der Waals surface area contributed by atoms with E-state index in [-0.39, 0.29) is 16.6 Å².